The Labute approximate surface area is 75.6 Å². The number of benzene rings is 1. The van der Waals surface area contributed by atoms with E-state index < -0.39 is 5.97 Å². The second kappa shape index (κ2) is 3.49. The Morgan fingerprint density at radius 1 is 1.58 bits per heavy atom. The van der Waals surface area contributed by atoms with Crippen molar-refractivity contribution >= 4 is 24.3 Å². The third kappa shape index (κ3) is 1.71. The van der Waals surface area contributed by atoms with Crippen molar-refractivity contribution in [1.82, 2.24) is 0 Å². The number of carbonyl (C=O) groups is 1. The molecule has 4 heteroatoms. The third-order valence-corrected chi connectivity index (χ3v) is 1.89. The lowest BCUT2D eigenvalue weighted by Crippen LogP contribution is -2.02. The number of aromatic carboxylic acids is 1. The molecular formula is C8H9NO2S. The molecule has 0 bridgehead atoms. The highest BCUT2D eigenvalue weighted by molar-refractivity contribution is 7.79. The second-order valence-electron chi connectivity index (χ2n) is 2.38. The molecule has 0 radical (unpaired) electrons. The van der Waals surface area contributed by atoms with Crippen molar-refractivity contribution in [3.05, 3.63) is 29.3 Å². The first kappa shape index (κ1) is 8.93. The summed E-state index contributed by atoms with van der Waals surface area (Å²) in [6, 6.07) is 4.81. The number of nitrogen functional groups attached to an aromatic ring is 1. The van der Waals surface area contributed by atoms with Gasteiger partial charge in [0.05, 0.1) is 5.56 Å². The van der Waals surface area contributed by atoms with Crippen LogP contribution in [0.2, 0.25) is 0 Å². The molecule has 0 aromatic heterocycles. The number of hydrogen-bond acceptors (Lipinski definition) is 3. The number of thiol groups is 1. The first-order chi connectivity index (χ1) is 5.65. The van der Waals surface area contributed by atoms with E-state index in [4.69, 9.17) is 10.8 Å². The Hall–Kier alpha value is -1.16. The summed E-state index contributed by atoms with van der Waals surface area (Å²) >= 11 is 4.04. The van der Waals surface area contributed by atoms with Gasteiger partial charge in [-0.15, -0.1) is 0 Å². The molecule has 0 amide bonds. The molecule has 0 saturated carbocycles. The molecule has 0 saturated heterocycles. The van der Waals surface area contributed by atoms with Crippen LogP contribution in [0.15, 0.2) is 18.2 Å². The van der Waals surface area contributed by atoms with Crippen LogP contribution in [-0.2, 0) is 5.75 Å². The first-order valence-electron chi connectivity index (χ1n) is 3.37. The zero-order valence-corrected chi connectivity index (χ0v) is 7.21. The maximum absolute atomic E-state index is 10.5. The minimum absolute atomic E-state index is 0.139. The molecular weight excluding hydrogens is 174 g/mol. The predicted molar refractivity (Wildman–Crippen MR) is 50.5 cm³/mol. The van der Waals surface area contributed by atoms with Gasteiger partial charge in [0.1, 0.15) is 0 Å². The quantitative estimate of drug-likeness (QED) is 0.479. The molecule has 1 aromatic rings. The van der Waals surface area contributed by atoms with E-state index in [1.165, 1.54) is 6.07 Å². The van der Waals surface area contributed by atoms with Gasteiger partial charge < -0.3 is 10.8 Å². The average Bonchev–Trinajstić information content (AvgIpc) is 2.03. The molecule has 3 nitrogen and oxygen atoms in total. The van der Waals surface area contributed by atoms with Gasteiger partial charge >= 0.3 is 5.97 Å². The van der Waals surface area contributed by atoms with E-state index in [1.54, 1.807) is 12.1 Å². The van der Waals surface area contributed by atoms with Gasteiger partial charge in [-0.05, 0) is 17.7 Å². The van der Waals surface area contributed by atoms with Gasteiger partial charge in [0.2, 0.25) is 0 Å². The Bertz CT molecular complexity index is 312. The molecule has 0 aliphatic rings. The average molecular weight is 183 g/mol. The number of carboxylic acids is 1. The Morgan fingerprint density at radius 2 is 2.25 bits per heavy atom. The summed E-state index contributed by atoms with van der Waals surface area (Å²) in [6.07, 6.45) is 0. The number of hydrogen-bond donors (Lipinski definition) is 3. The summed E-state index contributed by atoms with van der Waals surface area (Å²) in [7, 11) is 0. The zero-order chi connectivity index (χ0) is 9.14. The van der Waals surface area contributed by atoms with Crippen LogP contribution in [0.3, 0.4) is 0 Å². The zero-order valence-electron chi connectivity index (χ0n) is 6.32. The van der Waals surface area contributed by atoms with Gasteiger partial charge in [-0.2, -0.15) is 12.6 Å². The Balaban J connectivity index is 3.12. The molecule has 0 unspecified atom stereocenters. The van der Waals surface area contributed by atoms with Crippen molar-refractivity contribution in [2.45, 2.75) is 5.75 Å². The van der Waals surface area contributed by atoms with Crippen LogP contribution in [0.1, 0.15) is 15.9 Å². The maximum atomic E-state index is 10.5. The van der Waals surface area contributed by atoms with Crippen molar-refractivity contribution in [1.29, 1.82) is 0 Å². The summed E-state index contributed by atoms with van der Waals surface area (Å²) in [5, 5.41) is 8.63. The van der Waals surface area contributed by atoms with Gasteiger partial charge in [0.15, 0.2) is 0 Å². The SMILES string of the molecule is Nc1cc(CS)ccc1C(=O)O. The van der Waals surface area contributed by atoms with E-state index in [1.807, 2.05) is 0 Å². The van der Waals surface area contributed by atoms with Crippen molar-refractivity contribution in [3.8, 4) is 0 Å². The highest BCUT2D eigenvalue weighted by Gasteiger charge is 2.06. The van der Waals surface area contributed by atoms with Crippen LogP contribution >= 0.6 is 12.6 Å². The number of carboxylic acid groups (broad SMARTS) is 1. The number of nitrogens with two attached hydrogens (primary N) is 1. The van der Waals surface area contributed by atoms with Crippen LogP contribution in [-0.4, -0.2) is 11.1 Å². The third-order valence-electron chi connectivity index (χ3n) is 1.53. The summed E-state index contributed by atoms with van der Waals surface area (Å²) < 4.78 is 0. The minimum Gasteiger partial charge on any atom is -0.478 e. The fraction of sp³-hybridized carbons (Fsp3) is 0.125. The highest BCUT2D eigenvalue weighted by atomic mass is 32.1. The summed E-state index contributed by atoms with van der Waals surface area (Å²) in [5.74, 6) is -0.442. The van der Waals surface area contributed by atoms with Crippen LogP contribution in [0.4, 0.5) is 5.69 Å². The molecule has 0 fully saturated rings. The topological polar surface area (TPSA) is 63.3 Å². The highest BCUT2D eigenvalue weighted by Crippen LogP contribution is 2.15. The fourth-order valence-corrected chi connectivity index (χ4v) is 1.10. The standard InChI is InChI=1S/C8H9NO2S/c9-7-3-5(4-12)1-2-6(7)8(10)11/h1-3,12H,4,9H2,(H,10,11). The molecule has 3 N–H and O–H groups in total. The lowest BCUT2D eigenvalue weighted by molar-refractivity contribution is 0.0698. The smallest absolute Gasteiger partial charge is 0.337 e. The van der Waals surface area contributed by atoms with Gasteiger partial charge in [-0.25, -0.2) is 4.79 Å². The largest absolute Gasteiger partial charge is 0.478 e. The molecule has 0 heterocycles. The molecule has 12 heavy (non-hydrogen) atoms. The first-order valence-corrected chi connectivity index (χ1v) is 4.01. The van der Waals surface area contributed by atoms with Gasteiger partial charge in [0.25, 0.3) is 0 Å². The van der Waals surface area contributed by atoms with Gasteiger partial charge in [0, 0.05) is 11.4 Å². The Morgan fingerprint density at radius 3 is 2.67 bits per heavy atom. The molecule has 0 spiro atoms. The predicted octanol–water partition coefficient (Wildman–Crippen LogP) is 1.40. The van der Waals surface area contributed by atoms with E-state index in [0.717, 1.165) is 5.56 Å². The number of rotatable bonds is 2. The number of anilines is 1. The van der Waals surface area contributed by atoms with E-state index in [2.05, 4.69) is 12.6 Å². The lowest BCUT2D eigenvalue weighted by atomic mass is 10.1. The summed E-state index contributed by atoms with van der Waals surface area (Å²) in [4.78, 5) is 10.5. The van der Waals surface area contributed by atoms with Crippen LogP contribution in [0, 0.1) is 0 Å². The lowest BCUT2D eigenvalue weighted by Gasteiger charge is -2.01. The second-order valence-corrected chi connectivity index (χ2v) is 2.70. The van der Waals surface area contributed by atoms with Crippen molar-refractivity contribution in [2.24, 2.45) is 0 Å². The van der Waals surface area contributed by atoms with Crippen molar-refractivity contribution in [2.75, 3.05) is 5.73 Å². The molecule has 0 aliphatic heterocycles. The molecule has 0 atom stereocenters. The molecule has 64 valence electrons. The summed E-state index contributed by atoms with van der Waals surface area (Å²) in [6.45, 7) is 0. The minimum atomic E-state index is -1.00. The summed E-state index contributed by atoms with van der Waals surface area (Å²) in [5.41, 5.74) is 6.83. The van der Waals surface area contributed by atoms with Crippen LogP contribution in [0.5, 0.6) is 0 Å². The molecule has 1 aromatic carbocycles. The fourth-order valence-electron chi connectivity index (χ4n) is 0.905. The van der Waals surface area contributed by atoms with Crippen LogP contribution in [0.25, 0.3) is 0 Å². The van der Waals surface area contributed by atoms with Crippen molar-refractivity contribution < 1.29 is 9.90 Å². The maximum Gasteiger partial charge on any atom is 0.337 e. The van der Waals surface area contributed by atoms with Crippen LogP contribution < -0.4 is 5.73 Å². The van der Waals surface area contributed by atoms with E-state index >= 15 is 0 Å². The van der Waals surface area contributed by atoms with Crippen molar-refractivity contribution in [3.63, 3.8) is 0 Å². The molecule has 0 aliphatic carbocycles. The van der Waals surface area contributed by atoms with E-state index in [0.29, 0.717) is 5.75 Å². The Kier molecular flexibility index (Phi) is 2.60. The van der Waals surface area contributed by atoms with E-state index in [-0.39, 0.29) is 11.3 Å². The van der Waals surface area contributed by atoms with Gasteiger partial charge in [-0.3, -0.25) is 0 Å². The normalized spacial score (nSPS) is 9.75. The molecule has 1 rings (SSSR count). The monoisotopic (exact) mass is 183 g/mol. The van der Waals surface area contributed by atoms with Gasteiger partial charge in [-0.1, -0.05) is 6.07 Å². The van der Waals surface area contributed by atoms with E-state index in [9.17, 15) is 4.79 Å².